The summed E-state index contributed by atoms with van der Waals surface area (Å²) in [5.41, 5.74) is 3.16. The molecular formula is C23H28N4O2. The van der Waals surface area contributed by atoms with Gasteiger partial charge in [-0.25, -0.2) is 9.78 Å². The number of aromatic nitrogens is 2. The molecule has 3 aromatic rings. The highest BCUT2D eigenvalue weighted by Gasteiger charge is 2.34. The minimum absolute atomic E-state index is 0.000618. The minimum atomic E-state index is -0.0364. The Bertz CT molecular complexity index is 994. The molecule has 0 radical (unpaired) electrons. The van der Waals surface area contributed by atoms with Crippen LogP contribution in [0.5, 0.6) is 5.75 Å². The fourth-order valence-corrected chi connectivity index (χ4v) is 4.14. The molecule has 0 unspecified atom stereocenters. The van der Waals surface area contributed by atoms with Crippen LogP contribution >= 0.6 is 0 Å². The number of fused-ring (bicyclic) bond motifs is 1. The molecule has 0 spiro atoms. The molecule has 1 aromatic heterocycles. The molecule has 6 nitrogen and oxygen atoms in total. The highest BCUT2D eigenvalue weighted by atomic mass is 16.5. The first-order valence-corrected chi connectivity index (χ1v) is 10.2. The van der Waals surface area contributed by atoms with Gasteiger partial charge in [0.2, 0.25) is 0 Å². The first-order chi connectivity index (χ1) is 14.1. The molecule has 2 heterocycles. The number of carbonyl (C=O) groups is 1. The second kappa shape index (κ2) is 8.15. The van der Waals surface area contributed by atoms with E-state index in [4.69, 9.17) is 9.72 Å². The number of amides is 2. The molecular weight excluding hydrogens is 364 g/mol. The van der Waals surface area contributed by atoms with Gasteiger partial charge < -0.3 is 19.5 Å². The maximum atomic E-state index is 13.0. The van der Waals surface area contributed by atoms with Crippen molar-refractivity contribution in [2.75, 3.05) is 13.7 Å². The van der Waals surface area contributed by atoms with Gasteiger partial charge in [0.25, 0.3) is 0 Å². The van der Waals surface area contributed by atoms with Gasteiger partial charge in [-0.15, -0.1) is 0 Å². The lowest BCUT2D eigenvalue weighted by Crippen LogP contribution is -2.40. The Morgan fingerprint density at radius 3 is 2.69 bits per heavy atom. The molecule has 1 aliphatic heterocycles. The van der Waals surface area contributed by atoms with E-state index in [1.165, 1.54) is 0 Å². The van der Waals surface area contributed by atoms with Crippen LogP contribution in [-0.4, -0.2) is 34.1 Å². The summed E-state index contributed by atoms with van der Waals surface area (Å²) >= 11 is 0. The maximum absolute atomic E-state index is 13.0. The number of likely N-dealkylation sites (tertiary alicyclic amines) is 1. The zero-order chi connectivity index (χ0) is 20.4. The third kappa shape index (κ3) is 3.79. The lowest BCUT2D eigenvalue weighted by atomic mass is 10.2. The van der Waals surface area contributed by atoms with Crippen molar-refractivity contribution in [2.45, 2.75) is 45.3 Å². The van der Waals surface area contributed by atoms with E-state index in [1.807, 2.05) is 47.4 Å². The molecule has 1 aliphatic rings. The molecule has 1 saturated heterocycles. The molecule has 1 atom stereocenters. The van der Waals surface area contributed by atoms with E-state index in [9.17, 15) is 4.79 Å². The van der Waals surface area contributed by atoms with Gasteiger partial charge >= 0.3 is 6.03 Å². The SMILES string of the molecule is COc1ccc(CNC(=O)N2CCC[C@H]2c2nc3ccccc3n2C(C)C)cc1. The van der Waals surface area contributed by atoms with Gasteiger partial charge in [-0.3, -0.25) is 0 Å². The van der Waals surface area contributed by atoms with E-state index in [-0.39, 0.29) is 18.1 Å². The van der Waals surface area contributed by atoms with Crippen molar-refractivity contribution < 1.29 is 9.53 Å². The number of nitrogens with one attached hydrogen (secondary N) is 1. The monoisotopic (exact) mass is 392 g/mol. The molecule has 0 saturated carbocycles. The van der Waals surface area contributed by atoms with Gasteiger partial charge in [0, 0.05) is 19.1 Å². The van der Waals surface area contributed by atoms with Crippen molar-refractivity contribution >= 4 is 17.1 Å². The van der Waals surface area contributed by atoms with E-state index in [0.717, 1.165) is 47.6 Å². The van der Waals surface area contributed by atoms with Crippen LogP contribution in [0, 0.1) is 0 Å². The zero-order valence-corrected chi connectivity index (χ0v) is 17.3. The maximum Gasteiger partial charge on any atom is 0.318 e. The number of benzene rings is 2. The van der Waals surface area contributed by atoms with Crippen LogP contribution < -0.4 is 10.1 Å². The average molecular weight is 393 g/mol. The van der Waals surface area contributed by atoms with Gasteiger partial charge in [0.15, 0.2) is 0 Å². The number of ether oxygens (including phenoxy) is 1. The number of hydrogen-bond acceptors (Lipinski definition) is 3. The highest BCUT2D eigenvalue weighted by molar-refractivity contribution is 5.77. The van der Waals surface area contributed by atoms with Crippen LogP contribution in [0.25, 0.3) is 11.0 Å². The molecule has 29 heavy (non-hydrogen) atoms. The molecule has 6 heteroatoms. The fourth-order valence-electron chi connectivity index (χ4n) is 4.14. The quantitative estimate of drug-likeness (QED) is 0.686. The van der Waals surface area contributed by atoms with Crippen LogP contribution in [0.3, 0.4) is 0 Å². The third-order valence-electron chi connectivity index (χ3n) is 5.55. The van der Waals surface area contributed by atoms with Gasteiger partial charge in [0.1, 0.15) is 11.6 Å². The molecule has 0 bridgehead atoms. The summed E-state index contributed by atoms with van der Waals surface area (Å²) in [5, 5.41) is 3.07. The van der Waals surface area contributed by atoms with Crippen molar-refractivity contribution in [1.29, 1.82) is 0 Å². The number of imidazole rings is 1. The molecule has 1 N–H and O–H groups in total. The topological polar surface area (TPSA) is 59.4 Å². The van der Waals surface area contributed by atoms with E-state index < -0.39 is 0 Å². The Kier molecular flexibility index (Phi) is 5.43. The predicted molar refractivity (Wildman–Crippen MR) is 114 cm³/mol. The number of para-hydroxylation sites is 2. The molecule has 152 valence electrons. The molecule has 2 amide bonds. The van der Waals surface area contributed by atoms with Crippen molar-refractivity contribution in [2.24, 2.45) is 0 Å². The summed E-state index contributed by atoms with van der Waals surface area (Å²) in [5.74, 6) is 1.80. The summed E-state index contributed by atoms with van der Waals surface area (Å²) < 4.78 is 7.46. The van der Waals surface area contributed by atoms with Crippen LogP contribution in [-0.2, 0) is 6.54 Å². The number of urea groups is 1. The lowest BCUT2D eigenvalue weighted by molar-refractivity contribution is 0.189. The van der Waals surface area contributed by atoms with Gasteiger partial charge in [-0.2, -0.15) is 0 Å². The van der Waals surface area contributed by atoms with E-state index in [1.54, 1.807) is 7.11 Å². The Morgan fingerprint density at radius 1 is 1.21 bits per heavy atom. The highest BCUT2D eigenvalue weighted by Crippen LogP contribution is 2.35. The van der Waals surface area contributed by atoms with Gasteiger partial charge in [-0.1, -0.05) is 24.3 Å². The molecule has 2 aromatic carbocycles. The van der Waals surface area contributed by atoms with Gasteiger partial charge in [0.05, 0.1) is 24.2 Å². The number of hydrogen-bond donors (Lipinski definition) is 1. The summed E-state index contributed by atoms with van der Waals surface area (Å²) in [7, 11) is 1.65. The van der Waals surface area contributed by atoms with Gasteiger partial charge in [-0.05, 0) is 56.5 Å². The smallest absolute Gasteiger partial charge is 0.318 e. The third-order valence-corrected chi connectivity index (χ3v) is 5.55. The largest absolute Gasteiger partial charge is 0.497 e. The average Bonchev–Trinajstić information content (AvgIpc) is 3.36. The zero-order valence-electron chi connectivity index (χ0n) is 17.3. The molecule has 0 aliphatic carbocycles. The second-order valence-electron chi connectivity index (χ2n) is 7.78. The normalized spacial score (nSPS) is 16.6. The standard InChI is InChI=1S/C23H28N4O2/c1-16(2)27-20-8-5-4-7-19(20)25-22(27)21-9-6-14-26(21)23(28)24-15-17-10-12-18(29-3)13-11-17/h4-5,7-8,10-13,16,21H,6,9,14-15H2,1-3H3,(H,24,28)/t21-/m0/s1. The fraction of sp³-hybridized carbons (Fsp3) is 0.391. The second-order valence-corrected chi connectivity index (χ2v) is 7.78. The lowest BCUT2D eigenvalue weighted by Gasteiger charge is -2.26. The van der Waals surface area contributed by atoms with Crippen molar-refractivity contribution in [3.05, 3.63) is 59.9 Å². The summed E-state index contributed by atoms with van der Waals surface area (Å²) in [4.78, 5) is 19.8. The Balaban J connectivity index is 1.53. The van der Waals surface area contributed by atoms with Crippen molar-refractivity contribution in [3.63, 3.8) is 0 Å². The first kappa shape index (κ1) is 19.3. The summed E-state index contributed by atoms with van der Waals surface area (Å²) in [6.07, 6.45) is 1.92. The number of methoxy groups -OCH3 is 1. The Labute approximate surface area is 171 Å². The molecule has 4 rings (SSSR count). The Morgan fingerprint density at radius 2 is 1.97 bits per heavy atom. The van der Waals surface area contributed by atoms with Crippen LogP contribution in [0.1, 0.15) is 50.2 Å². The van der Waals surface area contributed by atoms with Crippen LogP contribution in [0.4, 0.5) is 4.79 Å². The molecule has 1 fully saturated rings. The number of rotatable bonds is 5. The van der Waals surface area contributed by atoms with E-state index in [0.29, 0.717) is 6.54 Å². The van der Waals surface area contributed by atoms with Crippen LogP contribution in [0.15, 0.2) is 48.5 Å². The first-order valence-electron chi connectivity index (χ1n) is 10.2. The summed E-state index contributed by atoms with van der Waals surface area (Å²) in [6, 6.07) is 16.2. The Hall–Kier alpha value is -3.02. The number of nitrogens with zero attached hydrogens (tertiary/aromatic N) is 3. The van der Waals surface area contributed by atoms with E-state index in [2.05, 4.69) is 29.8 Å². The van der Waals surface area contributed by atoms with E-state index >= 15 is 0 Å². The predicted octanol–water partition coefficient (Wildman–Crippen LogP) is 4.67. The number of carbonyl (C=O) groups excluding carboxylic acids is 1. The van der Waals surface area contributed by atoms with Crippen molar-refractivity contribution in [3.8, 4) is 5.75 Å². The summed E-state index contributed by atoms with van der Waals surface area (Å²) in [6.45, 7) is 5.58. The van der Waals surface area contributed by atoms with Crippen molar-refractivity contribution in [1.82, 2.24) is 19.8 Å². The minimum Gasteiger partial charge on any atom is -0.497 e. The van der Waals surface area contributed by atoms with Crippen LogP contribution in [0.2, 0.25) is 0 Å².